The second kappa shape index (κ2) is 8.25. The summed E-state index contributed by atoms with van der Waals surface area (Å²) < 4.78 is 0. The number of benzene rings is 3. The van der Waals surface area contributed by atoms with Gasteiger partial charge in [-0.25, -0.2) is 0 Å². The average Bonchev–Trinajstić information content (AvgIpc) is 3.04. The average molecular weight is 372 g/mol. The van der Waals surface area contributed by atoms with Crippen molar-refractivity contribution < 1.29 is 5.11 Å². The molecule has 1 N–H and O–H groups in total. The Balaban J connectivity index is 1.68. The van der Waals surface area contributed by atoms with Crippen LogP contribution < -0.4 is 4.90 Å². The van der Waals surface area contributed by atoms with Gasteiger partial charge in [0.2, 0.25) is 0 Å². The van der Waals surface area contributed by atoms with Gasteiger partial charge in [-0.05, 0) is 29.3 Å². The number of hydrogen-bond acceptors (Lipinski definition) is 3. The van der Waals surface area contributed by atoms with Crippen molar-refractivity contribution in [1.82, 2.24) is 0 Å². The Labute approximate surface area is 163 Å². The summed E-state index contributed by atoms with van der Waals surface area (Å²) in [4.78, 5) is 7.56. The maximum absolute atomic E-state index is 11.0. The summed E-state index contributed by atoms with van der Waals surface area (Å²) in [6.45, 7) is 0.581. The van der Waals surface area contributed by atoms with Gasteiger partial charge in [0.25, 0.3) is 0 Å². The van der Waals surface area contributed by atoms with Gasteiger partial charge in [-0.3, -0.25) is 9.89 Å². The highest BCUT2D eigenvalue weighted by atomic mass is 32.2. The minimum Gasteiger partial charge on any atom is -0.368 e. The first-order valence-electron chi connectivity index (χ1n) is 8.86. The van der Waals surface area contributed by atoms with E-state index in [1.54, 1.807) is 0 Å². The summed E-state index contributed by atoms with van der Waals surface area (Å²) >= 11 is 1.52. The molecule has 3 aromatic carbocycles. The topological polar surface area (TPSA) is 35.8 Å². The number of aliphatic hydroxyl groups excluding tert-OH is 1. The Morgan fingerprint density at radius 2 is 1.44 bits per heavy atom. The molecule has 1 aliphatic rings. The van der Waals surface area contributed by atoms with Crippen molar-refractivity contribution in [3.05, 3.63) is 107 Å². The first-order valence-corrected chi connectivity index (χ1v) is 9.68. The normalized spacial score (nSPS) is 19.7. The van der Waals surface area contributed by atoms with Crippen LogP contribution in [0.2, 0.25) is 0 Å². The van der Waals surface area contributed by atoms with Crippen molar-refractivity contribution in [3.8, 4) is 0 Å². The van der Waals surface area contributed by atoms with Crippen LogP contribution in [-0.2, 0) is 6.54 Å². The smallest absolute Gasteiger partial charge is 0.171 e. The summed E-state index contributed by atoms with van der Waals surface area (Å²) in [7, 11) is 0. The predicted molar refractivity (Wildman–Crippen MR) is 115 cm³/mol. The third-order valence-corrected chi connectivity index (χ3v) is 5.37. The van der Waals surface area contributed by atoms with Gasteiger partial charge in [0.15, 0.2) is 11.4 Å². The summed E-state index contributed by atoms with van der Waals surface area (Å²) in [5.74, 6) is 0. The molecule has 0 aliphatic carbocycles. The molecule has 1 saturated heterocycles. The van der Waals surface area contributed by atoms with Gasteiger partial charge in [0.05, 0.1) is 6.54 Å². The molecule has 0 amide bonds. The van der Waals surface area contributed by atoms with E-state index in [0.29, 0.717) is 6.54 Å². The molecule has 1 fully saturated rings. The second-order valence-electron chi connectivity index (χ2n) is 6.22. The molecule has 134 valence electrons. The van der Waals surface area contributed by atoms with E-state index in [0.717, 1.165) is 26.9 Å². The maximum atomic E-state index is 11.0. The van der Waals surface area contributed by atoms with E-state index >= 15 is 0 Å². The van der Waals surface area contributed by atoms with Crippen molar-refractivity contribution in [2.24, 2.45) is 4.99 Å². The molecule has 1 unspecified atom stereocenters. The Morgan fingerprint density at radius 3 is 2.11 bits per heavy atom. The fourth-order valence-corrected chi connectivity index (χ4v) is 4.00. The van der Waals surface area contributed by atoms with E-state index < -0.39 is 6.23 Å². The van der Waals surface area contributed by atoms with Gasteiger partial charge in [-0.1, -0.05) is 90.6 Å². The van der Waals surface area contributed by atoms with Crippen LogP contribution in [0.4, 0.5) is 5.69 Å². The number of para-hydroxylation sites is 1. The van der Waals surface area contributed by atoms with E-state index in [2.05, 4.69) is 12.1 Å². The summed E-state index contributed by atoms with van der Waals surface area (Å²) in [5.41, 5.74) is 3.14. The van der Waals surface area contributed by atoms with E-state index in [9.17, 15) is 5.11 Å². The Bertz CT molecular complexity index is 940. The molecule has 1 atom stereocenters. The molecule has 3 aromatic rings. The third-order valence-electron chi connectivity index (χ3n) is 4.30. The first kappa shape index (κ1) is 17.6. The van der Waals surface area contributed by atoms with E-state index in [1.165, 1.54) is 11.8 Å². The SMILES string of the molecule is OC1/C(=C/c2ccccc2)S/C(=N\Cc2ccccc2)N1c1ccccc1. The molecule has 0 saturated carbocycles. The summed E-state index contributed by atoms with van der Waals surface area (Å²) in [6, 6.07) is 30.1. The number of thioether (sulfide) groups is 1. The minimum atomic E-state index is -0.743. The zero-order valence-corrected chi connectivity index (χ0v) is 15.6. The highest BCUT2D eigenvalue weighted by Gasteiger charge is 2.34. The molecule has 3 nitrogen and oxygen atoms in total. The molecule has 1 heterocycles. The van der Waals surface area contributed by atoms with Crippen LogP contribution >= 0.6 is 11.8 Å². The zero-order valence-electron chi connectivity index (χ0n) is 14.8. The van der Waals surface area contributed by atoms with Crippen LogP contribution in [0, 0.1) is 0 Å². The monoisotopic (exact) mass is 372 g/mol. The van der Waals surface area contributed by atoms with Crippen molar-refractivity contribution >= 4 is 28.7 Å². The summed E-state index contributed by atoms with van der Waals surface area (Å²) in [6.07, 6.45) is 1.28. The predicted octanol–water partition coefficient (Wildman–Crippen LogP) is 5.16. The van der Waals surface area contributed by atoms with Crippen molar-refractivity contribution in [3.63, 3.8) is 0 Å². The molecule has 0 bridgehead atoms. The highest BCUT2D eigenvalue weighted by molar-refractivity contribution is 8.18. The van der Waals surface area contributed by atoms with E-state index in [1.807, 2.05) is 89.8 Å². The van der Waals surface area contributed by atoms with Crippen molar-refractivity contribution in [2.75, 3.05) is 4.90 Å². The van der Waals surface area contributed by atoms with Gasteiger partial charge in [0, 0.05) is 10.6 Å². The Kier molecular flexibility index (Phi) is 5.37. The maximum Gasteiger partial charge on any atom is 0.171 e. The molecule has 0 aromatic heterocycles. The lowest BCUT2D eigenvalue weighted by Crippen LogP contribution is -2.33. The minimum absolute atomic E-state index is 0.581. The second-order valence-corrected chi connectivity index (χ2v) is 7.26. The number of nitrogens with zero attached hydrogens (tertiary/aromatic N) is 2. The standard InChI is InChI=1S/C23H20N2OS/c26-22-21(16-18-10-4-1-5-11-18)27-23(24-17-19-12-6-2-7-13-19)25(22)20-14-8-3-9-15-20/h1-16,22,26H,17H2/b21-16-,24-23-. The Morgan fingerprint density at radius 1 is 0.852 bits per heavy atom. The molecule has 4 rings (SSSR count). The van der Waals surface area contributed by atoms with Gasteiger partial charge in [-0.15, -0.1) is 0 Å². The van der Waals surface area contributed by atoms with Gasteiger partial charge in [0.1, 0.15) is 0 Å². The van der Waals surface area contributed by atoms with E-state index in [4.69, 9.17) is 4.99 Å². The largest absolute Gasteiger partial charge is 0.368 e. The molecule has 1 aliphatic heterocycles. The fraction of sp³-hybridized carbons (Fsp3) is 0.0870. The molecule has 0 spiro atoms. The number of amidine groups is 1. The van der Waals surface area contributed by atoms with Crippen LogP contribution in [0.3, 0.4) is 0 Å². The number of anilines is 1. The molecule has 4 heteroatoms. The number of hydrogen-bond donors (Lipinski definition) is 1. The van der Waals surface area contributed by atoms with Gasteiger partial charge in [-0.2, -0.15) is 0 Å². The van der Waals surface area contributed by atoms with E-state index in [-0.39, 0.29) is 0 Å². The lowest BCUT2D eigenvalue weighted by Gasteiger charge is -2.22. The van der Waals surface area contributed by atoms with Crippen LogP contribution in [0.5, 0.6) is 0 Å². The van der Waals surface area contributed by atoms with Crippen molar-refractivity contribution in [1.29, 1.82) is 0 Å². The fourth-order valence-electron chi connectivity index (χ4n) is 2.95. The summed E-state index contributed by atoms with van der Waals surface area (Å²) in [5, 5.41) is 11.8. The first-order chi connectivity index (χ1) is 13.3. The van der Waals surface area contributed by atoms with Crippen LogP contribution in [0.1, 0.15) is 11.1 Å². The zero-order chi connectivity index (χ0) is 18.5. The van der Waals surface area contributed by atoms with Crippen molar-refractivity contribution in [2.45, 2.75) is 12.8 Å². The van der Waals surface area contributed by atoms with Gasteiger partial charge < -0.3 is 5.11 Å². The van der Waals surface area contributed by atoms with Crippen LogP contribution in [0.25, 0.3) is 6.08 Å². The molecular formula is C23H20N2OS. The molecular weight excluding hydrogens is 352 g/mol. The molecule has 27 heavy (non-hydrogen) atoms. The number of rotatable bonds is 4. The third kappa shape index (κ3) is 4.13. The van der Waals surface area contributed by atoms with Gasteiger partial charge >= 0.3 is 0 Å². The lowest BCUT2D eigenvalue weighted by atomic mass is 10.2. The Hall–Kier alpha value is -2.82. The lowest BCUT2D eigenvalue weighted by molar-refractivity contribution is 0.233. The quantitative estimate of drug-likeness (QED) is 0.687. The highest BCUT2D eigenvalue weighted by Crippen LogP contribution is 2.38. The van der Waals surface area contributed by atoms with Crippen LogP contribution in [-0.4, -0.2) is 16.5 Å². The van der Waals surface area contributed by atoms with Crippen LogP contribution in [0.15, 0.2) is 101 Å². The molecule has 0 radical (unpaired) electrons. The number of aliphatic imine (C=N–C) groups is 1. The number of aliphatic hydroxyl groups is 1.